The van der Waals surface area contributed by atoms with Gasteiger partial charge in [0.2, 0.25) is 0 Å². The first kappa shape index (κ1) is 26.7. The number of hydrogen-bond donors (Lipinski definition) is 0. The van der Waals surface area contributed by atoms with Gasteiger partial charge in [-0.05, 0) is 69.3 Å². The predicted molar refractivity (Wildman–Crippen MR) is 129 cm³/mol. The van der Waals surface area contributed by atoms with E-state index in [4.69, 9.17) is 0 Å². The highest BCUT2D eigenvalue weighted by Gasteiger charge is 2.24. The maximum atomic E-state index is 2.66. The molecule has 1 saturated heterocycles. The van der Waals surface area contributed by atoms with Crippen molar-refractivity contribution in [3.05, 3.63) is 35.5 Å². The largest absolute Gasteiger partial charge is 0.348 e. The Morgan fingerprint density at radius 1 is 0.893 bits per heavy atom. The highest BCUT2D eigenvalue weighted by Crippen LogP contribution is 2.30. The summed E-state index contributed by atoms with van der Waals surface area (Å²) in [4.78, 5) is 2.66. The van der Waals surface area contributed by atoms with E-state index in [9.17, 15) is 0 Å². The van der Waals surface area contributed by atoms with Crippen molar-refractivity contribution in [2.75, 3.05) is 19.6 Å². The number of hydrogen-bond acceptors (Lipinski definition) is 1. The minimum Gasteiger partial charge on any atom is -0.348 e. The lowest BCUT2D eigenvalue weighted by molar-refractivity contribution is 0.132. The molecule has 0 radical (unpaired) electrons. The lowest BCUT2D eigenvalue weighted by Gasteiger charge is -2.36. The van der Waals surface area contributed by atoms with E-state index in [1.54, 1.807) is 5.56 Å². The van der Waals surface area contributed by atoms with Crippen molar-refractivity contribution in [1.82, 2.24) is 9.47 Å². The Hall–Kier alpha value is -1.28. The fraction of sp³-hybridized carbons (Fsp3) is 0.692. The Labute approximate surface area is 176 Å². The number of aryl methyl sites for hydroxylation is 2. The standard InChI is InChI=1S/C20H30N2.3C2H6/c1-16-17(18-8-5-6-10-19(18)21(16)4)9-7-13-22-14-11-20(2,3)12-15-22;3*1-2/h5-6,8,10H,7,9,11-15H2,1-4H3;3*1-2H3. The third kappa shape index (κ3) is 7.28. The number of aromatic nitrogens is 1. The highest BCUT2D eigenvalue weighted by atomic mass is 15.1. The van der Waals surface area contributed by atoms with E-state index in [1.807, 2.05) is 41.5 Å². The second kappa shape index (κ2) is 13.8. The molecule has 0 N–H and O–H groups in total. The minimum absolute atomic E-state index is 0.558. The van der Waals surface area contributed by atoms with Gasteiger partial charge in [0.25, 0.3) is 0 Å². The third-order valence-electron chi connectivity index (χ3n) is 5.64. The Bertz CT molecular complexity index is 642. The summed E-state index contributed by atoms with van der Waals surface area (Å²) in [6.45, 7) is 22.9. The average molecular weight is 389 g/mol. The van der Waals surface area contributed by atoms with Gasteiger partial charge in [-0.1, -0.05) is 73.6 Å². The van der Waals surface area contributed by atoms with Gasteiger partial charge in [-0.3, -0.25) is 0 Å². The van der Waals surface area contributed by atoms with Crippen LogP contribution in [-0.2, 0) is 13.5 Å². The van der Waals surface area contributed by atoms with E-state index in [0.717, 1.165) is 0 Å². The van der Waals surface area contributed by atoms with E-state index in [-0.39, 0.29) is 0 Å². The van der Waals surface area contributed by atoms with Crippen LogP contribution in [0.15, 0.2) is 24.3 Å². The topological polar surface area (TPSA) is 8.17 Å². The van der Waals surface area contributed by atoms with Crippen LogP contribution in [0, 0.1) is 12.3 Å². The molecule has 1 fully saturated rings. The van der Waals surface area contributed by atoms with Crippen LogP contribution in [0.5, 0.6) is 0 Å². The lowest BCUT2D eigenvalue weighted by atomic mass is 9.82. The monoisotopic (exact) mass is 388 g/mol. The molecule has 2 heterocycles. The zero-order valence-electron chi connectivity index (χ0n) is 20.7. The van der Waals surface area contributed by atoms with Crippen LogP contribution in [0.1, 0.15) is 85.9 Å². The van der Waals surface area contributed by atoms with Gasteiger partial charge < -0.3 is 9.47 Å². The maximum absolute atomic E-state index is 2.66. The second-order valence-corrected chi connectivity index (χ2v) is 7.75. The van der Waals surface area contributed by atoms with Crippen molar-refractivity contribution < 1.29 is 0 Å². The van der Waals surface area contributed by atoms with Crippen molar-refractivity contribution in [1.29, 1.82) is 0 Å². The molecule has 0 saturated carbocycles. The molecule has 0 atom stereocenters. The van der Waals surface area contributed by atoms with E-state index < -0.39 is 0 Å². The van der Waals surface area contributed by atoms with Gasteiger partial charge in [-0.25, -0.2) is 0 Å². The van der Waals surface area contributed by atoms with Gasteiger partial charge in [-0.2, -0.15) is 0 Å². The van der Waals surface area contributed by atoms with Crippen LogP contribution in [0.3, 0.4) is 0 Å². The smallest absolute Gasteiger partial charge is 0.0482 e. The Balaban J connectivity index is 0.00000111. The first-order chi connectivity index (χ1) is 13.5. The van der Waals surface area contributed by atoms with E-state index >= 15 is 0 Å². The Morgan fingerprint density at radius 3 is 2.00 bits per heavy atom. The summed E-state index contributed by atoms with van der Waals surface area (Å²) in [6.07, 6.45) is 5.17. The van der Waals surface area contributed by atoms with Crippen LogP contribution in [0.25, 0.3) is 10.9 Å². The summed E-state index contributed by atoms with van der Waals surface area (Å²) in [5.74, 6) is 0. The van der Waals surface area contributed by atoms with Crippen molar-refractivity contribution in [2.45, 2.75) is 88.0 Å². The van der Waals surface area contributed by atoms with Gasteiger partial charge in [-0.15, -0.1) is 0 Å². The number of likely N-dealkylation sites (tertiary alicyclic amines) is 1. The van der Waals surface area contributed by atoms with Gasteiger partial charge in [0, 0.05) is 23.6 Å². The highest BCUT2D eigenvalue weighted by molar-refractivity contribution is 5.85. The Kier molecular flexibility index (Phi) is 13.2. The minimum atomic E-state index is 0.558. The fourth-order valence-corrected chi connectivity index (χ4v) is 3.78. The number of piperidine rings is 1. The predicted octanol–water partition coefficient (Wildman–Crippen LogP) is 7.62. The molecule has 28 heavy (non-hydrogen) atoms. The first-order valence-electron chi connectivity index (χ1n) is 11.7. The van der Waals surface area contributed by atoms with Crippen LogP contribution >= 0.6 is 0 Å². The molecule has 1 aliphatic rings. The van der Waals surface area contributed by atoms with E-state index in [2.05, 4.69) is 61.6 Å². The summed E-state index contributed by atoms with van der Waals surface area (Å²) < 4.78 is 2.34. The molecule has 0 unspecified atom stereocenters. The summed E-state index contributed by atoms with van der Waals surface area (Å²) in [7, 11) is 2.19. The van der Waals surface area contributed by atoms with Crippen LogP contribution in [0.4, 0.5) is 0 Å². The molecule has 2 heteroatoms. The lowest BCUT2D eigenvalue weighted by Crippen LogP contribution is -2.37. The molecule has 1 aromatic heterocycles. The van der Waals surface area contributed by atoms with Gasteiger partial charge >= 0.3 is 0 Å². The van der Waals surface area contributed by atoms with Crippen molar-refractivity contribution in [2.24, 2.45) is 12.5 Å². The Morgan fingerprint density at radius 2 is 1.43 bits per heavy atom. The third-order valence-corrected chi connectivity index (χ3v) is 5.64. The molecular formula is C26H48N2. The van der Waals surface area contributed by atoms with Crippen molar-refractivity contribution in [3.8, 4) is 0 Å². The van der Waals surface area contributed by atoms with Crippen molar-refractivity contribution >= 4 is 10.9 Å². The number of benzene rings is 1. The van der Waals surface area contributed by atoms with Crippen LogP contribution in [-0.4, -0.2) is 29.1 Å². The SMILES string of the molecule is CC.CC.CC.Cc1c(CCCN2CCC(C)(C)CC2)c2ccccc2n1C. The number of fused-ring (bicyclic) bond motifs is 1. The van der Waals surface area contributed by atoms with Gasteiger partial charge in [0.05, 0.1) is 0 Å². The van der Waals surface area contributed by atoms with Crippen molar-refractivity contribution in [3.63, 3.8) is 0 Å². The fourth-order valence-electron chi connectivity index (χ4n) is 3.78. The molecule has 3 rings (SSSR count). The van der Waals surface area contributed by atoms with Crippen LogP contribution < -0.4 is 0 Å². The summed E-state index contributed by atoms with van der Waals surface area (Å²) in [5, 5.41) is 1.45. The average Bonchev–Trinajstić information content (AvgIpc) is 2.99. The molecule has 2 aromatic rings. The van der Waals surface area contributed by atoms with Crippen LogP contribution in [0.2, 0.25) is 0 Å². The zero-order chi connectivity index (χ0) is 21.7. The molecule has 162 valence electrons. The molecule has 0 spiro atoms. The molecule has 1 aliphatic heterocycles. The molecular weight excluding hydrogens is 340 g/mol. The first-order valence-corrected chi connectivity index (χ1v) is 11.7. The maximum Gasteiger partial charge on any atom is 0.0482 e. The summed E-state index contributed by atoms with van der Waals surface area (Å²) in [5.41, 5.74) is 4.91. The van der Waals surface area contributed by atoms with E-state index in [0.29, 0.717) is 5.41 Å². The molecule has 2 nitrogen and oxygen atoms in total. The normalized spacial score (nSPS) is 15.5. The number of para-hydroxylation sites is 1. The van der Waals surface area contributed by atoms with Gasteiger partial charge in [0.1, 0.15) is 0 Å². The molecule has 0 bridgehead atoms. The molecule has 0 amide bonds. The molecule has 1 aromatic carbocycles. The van der Waals surface area contributed by atoms with Gasteiger partial charge in [0.15, 0.2) is 0 Å². The summed E-state index contributed by atoms with van der Waals surface area (Å²) >= 11 is 0. The number of rotatable bonds is 4. The number of nitrogens with zero attached hydrogens (tertiary/aromatic N) is 2. The quantitative estimate of drug-likeness (QED) is 0.523. The van der Waals surface area contributed by atoms with E-state index in [1.165, 1.54) is 61.9 Å². The zero-order valence-corrected chi connectivity index (χ0v) is 20.7. The molecule has 0 aliphatic carbocycles. The summed E-state index contributed by atoms with van der Waals surface area (Å²) in [6, 6.07) is 8.82. The second-order valence-electron chi connectivity index (χ2n) is 7.75.